The number of amides is 1. The lowest BCUT2D eigenvalue weighted by molar-refractivity contribution is -0.120. The molecule has 168 valence electrons. The van der Waals surface area contributed by atoms with Crippen LogP contribution >= 0.6 is 23.4 Å². The number of H-pyrrole nitrogens is 1. The van der Waals surface area contributed by atoms with Crippen molar-refractivity contribution in [2.45, 2.75) is 28.9 Å². The summed E-state index contributed by atoms with van der Waals surface area (Å²) >= 11 is 8.09. The average Bonchev–Trinajstić information content (AvgIpc) is 3.12. The van der Waals surface area contributed by atoms with Gasteiger partial charge in [-0.2, -0.15) is 0 Å². The van der Waals surface area contributed by atoms with Gasteiger partial charge in [0.2, 0.25) is 5.91 Å². The summed E-state index contributed by atoms with van der Waals surface area (Å²) in [6.45, 7) is 3.22. The van der Waals surface area contributed by atoms with Gasteiger partial charge in [-0.1, -0.05) is 18.5 Å². The first-order chi connectivity index (χ1) is 15.9. The Balaban J connectivity index is 1.39. The van der Waals surface area contributed by atoms with E-state index in [1.54, 1.807) is 18.6 Å². The minimum Gasteiger partial charge on any atom is -0.368 e. The lowest BCUT2D eigenvalue weighted by Gasteiger charge is -2.24. The van der Waals surface area contributed by atoms with Gasteiger partial charge in [0.25, 0.3) is 0 Å². The highest BCUT2D eigenvalue weighted by molar-refractivity contribution is 7.99. The van der Waals surface area contributed by atoms with Crippen LogP contribution in [0.2, 0.25) is 5.02 Å². The molecule has 33 heavy (non-hydrogen) atoms. The molecule has 1 saturated heterocycles. The number of nitrogens with zero attached hydrogens (tertiary/aromatic N) is 6. The maximum Gasteiger partial charge on any atom is 0.238 e. The Bertz CT molecular complexity index is 1430. The zero-order chi connectivity index (χ0) is 22.9. The van der Waals surface area contributed by atoms with Crippen molar-refractivity contribution in [1.82, 2.24) is 29.9 Å². The van der Waals surface area contributed by atoms with Crippen LogP contribution in [0.1, 0.15) is 12.6 Å². The molecule has 10 nitrogen and oxygen atoms in total. The topological polar surface area (TPSA) is 153 Å². The number of nitrogens with two attached hydrogens (primary N) is 2. The Hall–Kier alpha value is -3.02. The van der Waals surface area contributed by atoms with Gasteiger partial charge in [0.05, 0.1) is 10.4 Å². The molecule has 0 aromatic carbocycles. The summed E-state index contributed by atoms with van der Waals surface area (Å²) in [7, 11) is 0. The van der Waals surface area contributed by atoms with Gasteiger partial charge < -0.3 is 21.4 Å². The molecule has 4 aromatic heterocycles. The Labute approximate surface area is 197 Å². The van der Waals surface area contributed by atoms with Crippen LogP contribution in [0.25, 0.3) is 22.2 Å². The molecule has 2 aliphatic rings. The van der Waals surface area contributed by atoms with Crippen LogP contribution in [0.5, 0.6) is 0 Å². The first kappa shape index (κ1) is 20.6. The van der Waals surface area contributed by atoms with E-state index in [1.807, 2.05) is 13.0 Å². The quantitative estimate of drug-likeness (QED) is 0.363. The van der Waals surface area contributed by atoms with Crippen LogP contribution in [0.4, 0.5) is 5.82 Å². The molecule has 5 heterocycles. The summed E-state index contributed by atoms with van der Waals surface area (Å²) < 4.78 is 0. The minimum atomic E-state index is -0.922. The normalized spacial score (nSPS) is 23.9. The number of primary amides is 1. The summed E-state index contributed by atoms with van der Waals surface area (Å²) in [6, 6.07) is 1.91. The monoisotopic (exact) mass is 481 g/mol. The molecule has 4 aromatic rings. The highest BCUT2D eigenvalue weighted by atomic mass is 35.5. The molecular formula is C21H20ClN9OS. The number of pyridine rings is 1. The van der Waals surface area contributed by atoms with E-state index in [1.165, 1.54) is 11.8 Å². The summed E-state index contributed by atoms with van der Waals surface area (Å²) in [6.07, 6.45) is 5.72. The SMILES string of the molecule is CCc1[nH]c2nc(Sc3cnc4nccnc4c3)nc(N3C[C@@H]4[C@H](C3)[C@@]4(N)C(N)=O)c2c1Cl. The van der Waals surface area contributed by atoms with Crippen molar-refractivity contribution in [2.24, 2.45) is 23.3 Å². The molecule has 6 rings (SSSR count). The van der Waals surface area contributed by atoms with Crippen LogP contribution in [-0.4, -0.2) is 54.4 Å². The summed E-state index contributed by atoms with van der Waals surface area (Å²) in [5.74, 6) is 0.322. The smallest absolute Gasteiger partial charge is 0.238 e. The molecule has 3 atom stereocenters. The number of fused-ring (bicyclic) bond motifs is 3. The second kappa shape index (κ2) is 7.24. The van der Waals surface area contributed by atoms with Crippen molar-refractivity contribution >= 4 is 57.3 Å². The molecule has 12 heteroatoms. The standard InChI is InChI=1S/C21H20ClN9OS/c1-2-12-15(22)14-17(28-12)29-20(33-9-5-13-16(27-6-9)26-4-3-25-13)30-18(14)31-7-10-11(8-31)21(10,24)19(23)32/h3-6,10-11H,2,7-8,24H2,1H3,(H2,23,32)(H,28,29,30)/t10-,11+,21-. The van der Waals surface area contributed by atoms with E-state index in [9.17, 15) is 4.79 Å². The van der Waals surface area contributed by atoms with Crippen molar-refractivity contribution < 1.29 is 4.79 Å². The van der Waals surface area contributed by atoms with Crippen LogP contribution in [-0.2, 0) is 11.2 Å². The number of nitrogens with one attached hydrogen (secondary N) is 1. The van der Waals surface area contributed by atoms with Crippen molar-refractivity contribution in [2.75, 3.05) is 18.0 Å². The maximum atomic E-state index is 11.8. The van der Waals surface area contributed by atoms with E-state index in [2.05, 4.69) is 24.8 Å². The Morgan fingerprint density at radius 3 is 2.76 bits per heavy atom. The summed E-state index contributed by atoms with van der Waals surface area (Å²) in [4.78, 5) is 40.6. The molecule has 0 spiro atoms. The van der Waals surface area contributed by atoms with E-state index in [-0.39, 0.29) is 11.8 Å². The van der Waals surface area contributed by atoms with Gasteiger partial charge in [-0.25, -0.2) is 19.9 Å². The number of aryl methyl sites for hydroxylation is 1. The molecule has 1 aliphatic heterocycles. The largest absolute Gasteiger partial charge is 0.368 e. The molecule has 0 radical (unpaired) electrons. The lowest BCUT2D eigenvalue weighted by atomic mass is 10.1. The predicted octanol–water partition coefficient (Wildman–Crippen LogP) is 1.91. The van der Waals surface area contributed by atoms with Gasteiger partial charge in [-0.05, 0) is 24.2 Å². The third-order valence-corrected chi connectivity index (χ3v) is 7.89. The molecule has 1 amide bonds. The third-order valence-electron chi connectivity index (χ3n) is 6.65. The summed E-state index contributed by atoms with van der Waals surface area (Å²) in [5.41, 5.74) is 13.7. The number of hydrogen-bond acceptors (Lipinski definition) is 9. The van der Waals surface area contributed by atoms with Gasteiger partial charge >= 0.3 is 0 Å². The maximum absolute atomic E-state index is 11.8. The number of carbonyl (C=O) groups is 1. The zero-order valence-corrected chi connectivity index (χ0v) is 19.2. The van der Waals surface area contributed by atoms with Crippen molar-refractivity contribution in [3.8, 4) is 0 Å². The molecule has 0 bridgehead atoms. The Morgan fingerprint density at radius 2 is 2.03 bits per heavy atom. The number of hydrogen-bond donors (Lipinski definition) is 3. The van der Waals surface area contributed by atoms with E-state index < -0.39 is 11.4 Å². The molecule has 1 saturated carbocycles. The molecular weight excluding hydrogens is 462 g/mol. The number of aromatic amines is 1. The zero-order valence-electron chi connectivity index (χ0n) is 17.6. The Kier molecular flexibility index (Phi) is 4.51. The first-order valence-corrected chi connectivity index (χ1v) is 11.8. The minimum absolute atomic E-state index is 0.0164. The molecule has 0 unspecified atom stereocenters. The van der Waals surface area contributed by atoms with Crippen LogP contribution in [0.15, 0.2) is 34.7 Å². The second-order valence-electron chi connectivity index (χ2n) is 8.41. The highest BCUT2D eigenvalue weighted by Crippen LogP contribution is 2.54. The number of piperidine rings is 1. The second-order valence-corrected chi connectivity index (χ2v) is 9.83. The van der Waals surface area contributed by atoms with Gasteiger partial charge in [-0.15, -0.1) is 0 Å². The predicted molar refractivity (Wildman–Crippen MR) is 125 cm³/mol. The third kappa shape index (κ3) is 3.06. The van der Waals surface area contributed by atoms with Gasteiger partial charge in [0, 0.05) is 54.1 Å². The van der Waals surface area contributed by atoms with E-state index in [4.69, 9.17) is 33.0 Å². The van der Waals surface area contributed by atoms with E-state index in [0.29, 0.717) is 40.1 Å². The van der Waals surface area contributed by atoms with E-state index >= 15 is 0 Å². The number of rotatable bonds is 5. The van der Waals surface area contributed by atoms with Crippen LogP contribution < -0.4 is 16.4 Å². The average molecular weight is 482 g/mol. The van der Waals surface area contributed by atoms with Crippen LogP contribution in [0.3, 0.4) is 0 Å². The first-order valence-electron chi connectivity index (χ1n) is 10.6. The summed E-state index contributed by atoms with van der Waals surface area (Å²) in [5, 5.41) is 1.96. The molecule has 2 fully saturated rings. The fourth-order valence-electron chi connectivity index (χ4n) is 4.80. The van der Waals surface area contributed by atoms with Gasteiger partial charge in [-0.3, -0.25) is 9.78 Å². The molecule has 1 aliphatic carbocycles. The van der Waals surface area contributed by atoms with Crippen LogP contribution in [0, 0.1) is 11.8 Å². The van der Waals surface area contributed by atoms with Gasteiger partial charge in [0.15, 0.2) is 10.8 Å². The highest BCUT2D eigenvalue weighted by Gasteiger charge is 2.70. The lowest BCUT2D eigenvalue weighted by Crippen LogP contribution is -2.47. The number of anilines is 1. The van der Waals surface area contributed by atoms with E-state index in [0.717, 1.165) is 28.2 Å². The Morgan fingerprint density at radius 1 is 1.27 bits per heavy atom. The van der Waals surface area contributed by atoms with Gasteiger partial charge in [0.1, 0.15) is 22.5 Å². The number of aromatic nitrogens is 6. The van der Waals surface area contributed by atoms with Crippen molar-refractivity contribution in [3.05, 3.63) is 35.4 Å². The van der Waals surface area contributed by atoms with Crippen molar-refractivity contribution in [3.63, 3.8) is 0 Å². The fourth-order valence-corrected chi connectivity index (χ4v) is 5.91. The number of halogens is 1. The fraction of sp³-hybridized carbons (Fsp3) is 0.333. The van der Waals surface area contributed by atoms with Crippen molar-refractivity contribution in [1.29, 1.82) is 0 Å². The molecule has 5 N–H and O–H groups in total. The number of carbonyl (C=O) groups excluding carboxylic acids is 1.